The summed E-state index contributed by atoms with van der Waals surface area (Å²) >= 11 is 3.50. The maximum Gasteiger partial charge on any atom is 0.225 e. The number of carbonyl (C=O) groups excluding carboxylic acids is 1. The van der Waals surface area contributed by atoms with Crippen molar-refractivity contribution in [2.75, 3.05) is 26.2 Å². The molecule has 0 atom stereocenters. The van der Waals surface area contributed by atoms with E-state index in [1.165, 1.54) is 18.4 Å². The van der Waals surface area contributed by atoms with Crippen molar-refractivity contribution in [1.82, 2.24) is 10.2 Å². The molecule has 25 heavy (non-hydrogen) atoms. The number of rotatable bonds is 7. The molecule has 0 radical (unpaired) electrons. The normalized spacial score (nSPS) is 17.9. The van der Waals surface area contributed by atoms with Crippen molar-refractivity contribution in [2.45, 2.75) is 45.1 Å². The molecule has 1 saturated carbocycles. The highest BCUT2D eigenvalue weighted by Gasteiger charge is 2.25. The van der Waals surface area contributed by atoms with Gasteiger partial charge >= 0.3 is 0 Å². The third-order valence-corrected chi connectivity index (χ3v) is 5.52. The Hall–Kier alpha value is -0.780. The minimum absolute atomic E-state index is 0. The standard InChI is InChI=1S/C19H27BrN2O2.ClH/c1-14-2-5-18(17(20)12-14)24-11-8-19(23)22-9-6-16(7-10-22)21-13-15-3-4-15;/h2,5,12,15-16,21H,3-4,6-11,13H2,1H3;1H. The molecule has 1 N–H and O–H groups in total. The summed E-state index contributed by atoms with van der Waals surface area (Å²) < 4.78 is 6.68. The van der Waals surface area contributed by atoms with Gasteiger partial charge in [0, 0.05) is 19.1 Å². The van der Waals surface area contributed by atoms with Crippen LogP contribution < -0.4 is 10.1 Å². The lowest BCUT2D eigenvalue weighted by Gasteiger charge is -2.32. The first kappa shape index (κ1) is 20.5. The van der Waals surface area contributed by atoms with Crippen LogP contribution in [0.15, 0.2) is 22.7 Å². The van der Waals surface area contributed by atoms with E-state index in [1.54, 1.807) is 0 Å². The van der Waals surface area contributed by atoms with Gasteiger partial charge in [-0.2, -0.15) is 0 Å². The Balaban J connectivity index is 0.00000225. The highest BCUT2D eigenvalue weighted by atomic mass is 79.9. The van der Waals surface area contributed by atoms with Crippen LogP contribution in [0.2, 0.25) is 0 Å². The van der Waals surface area contributed by atoms with Gasteiger partial charge in [-0.15, -0.1) is 12.4 Å². The second kappa shape index (κ2) is 9.79. The highest BCUT2D eigenvalue weighted by molar-refractivity contribution is 9.10. The molecule has 1 heterocycles. The van der Waals surface area contributed by atoms with Gasteiger partial charge in [-0.05, 0) is 78.7 Å². The van der Waals surface area contributed by atoms with Gasteiger partial charge in [0.05, 0.1) is 17.5 Å². The van der Waals surface area contributed by atoms with E-state index in [4.69, 9.17) is 4.74 Å². The maximum atomic E-state index is 12.3. The largest absolute Gasteiger partial charge is 0.492 e. The highest BCUT2D eigenvalue weighted by Crippen LogP contribution is 2.28. The van der Waals surface area contributed by atoms with E-state index in [0.717, 1.165) is 48.6 Å². The van der Waals surface area contributed by atoms with Gasteiger partial charge in [-0.3, -0.25) is 4.79 Å². The van der Waals surface area contributed by atoms with E-state index in [-0.39, 0.29) is 18.3 Å². The van der Waals surface area contributed by atoms with Crippen LogP contribution in [0.4, 0.5) is 0 Å². The zero-order valence-corrected chi connectivity index (χ0v) is 17.2. The van der Waals surface area contributed by atoms with Crippen LogP contribution in [0.25, 0.3) is 0 Å². The van der Waals surface area contributed by atoms with Crippen molar-refractivity contribution in [3.05, 3.63) is 28.2 Å². The first-order chi connectivity index (χ1) is 11.6. The van der Waals surface area contributed by atoms with E-state index in [0.29, 0.717) is 19.1 Å². The first-order valence-corrected chi connectivity index (χ1v) is 9.81. The van der Waals surface area contributed by atoms with Crippen LogP contribution in [0.1, 0.15) is 37.7 Å². The number of ether oxygens (including phenoxy) is 1. The van der Waals surface area contributed by atoms with Crippen LogP contribution in [-0.2, 0) is 4.79 Å². The van der Waals surface area contributed by atoms with Gasteiger partial charge in [-0.25, -0.2) is 0 Å². The Morgan fingerprint density at radius 2 is 2.00 bits per heavy atom. The van der Waals surface area contributed by atoms with Gasteiger partial charge in [0.1, 0.15) is 5.75 Å². The molecule has 4 nitrogen and oxygen atoms in total. The molecule has 1 amide bonds. The van der Waals surface area contributed by atoms with E-state index >= 15 is 0 Å². The van der Waals surface area contributed by atoms with Crippen molar-refractivity contribution in [2.24, 2.45) is 5.92 Å². The van der Waals surface area contributed by atoms with Crippen LogP contribution in [0, 0.1) is 12.8 Å². The number of halogens is 2. The van der Waals surface area contributed by atoms with Crippen LogP contribution >= 0.6 is 28.3 Å². The molecule has 0 aromatic heterocycles. The molecule has 0 bridgehead atoms. The lowest BCUT2D eigenvalue weighted by molar-refractivity contribution is -0.132. The van der Waals surface area contributed by atoms with E-state index < -0.39 is 0 Å². The summed E-state index contributed by atoms with van der Waals surface area (Å²) in [7, 11) is 0. The van der Waals surface area contributed by atoms with Crippen LogP contribution in [0.3, 0.4) is 0 Å². The zero-order chi connectivity index (χ0) is 16.9. The van der Waals surface area contributed by atoms with Crippen molar-refractivity contribution in [3.63, 3.8) is 0 Å². The van der Waals surface area contributed by atoms with Gasteiger partial charge in [0.25, 0.3) is 0 Å². The topological polar surface area (TPSA) is 41.6 Å². The molecule has 0 spiro atoms. The second-order valence-electron chi connectivity index (χ2n) is 7.04. The summed E-state index contributed by atoms with van der Waals surface area (Å²) in [6.07, 6.45) is 5.37. The summed E-state index contributed by atoms with van der Waals surface area (Å²) in [6, 6.07) is 6.58. The van der Waals surface area contributed by atoms with Crippen molar-refractivity contribution >= 4 is 34.2 Å². The molecule has 0 unspecified atom stereocenters. The average molecular weight is 432 g/mol. The molecule has 1 aromatic carbocycles. The van der Waals surface area contributed by atoms with Crippen molar-refractivity contribution < 1.29 is 9.53 Å². The number of piperidine rings is 1. The first-order valence-electron chi connectivity index (χ1n) is 9.02. The Morgan fingerprint density at radius 1 is 1.28 bits per heavy atom. The molecule has 6 heteroatoms. The second-order valence-corrected chi connectivity index (χ2v) is 7.89. The van der Waals surface area contributed by atoms with E-state index in [2.05, 4.69) is 21.2 Å². The number of nitrogens with zero attached hydrogens (tertiary/aromatic N) is 1. The third-order valence-electron chi connectivity index (χ3n) is 4.90. The molecular weight excluding hydrogens is 404 g/mol. The van der Waals surface area contributed by atoms with Gasteiger partial charge in [0.15, 0.2) is 0 Å². The molecule has 1 aromatic rings. The fourth-order valence-corrected chi connectivity index (χ4v) is 3.73. The molecule has 2 aliphatic rings. The molecule has 1 aliphatic carbocycles. The SMILES string of the molecule is Cc1ccc(OCCC(=O)N2CCC(NCC3CC3)CC2)c(Br)c1.Cl. The number of likely N-dealkylation sites (tertiary alicyclic amines) is 1. The predicted molar refractivity (Wildman–Crippen MR) is 107 cm³/mol. The number of nitrogens with one attached hydrogen (secondary N) is 1. The Kier molecular flexibility index (Phi) is 8.04. The molecule has 1 aliphatic heterocycles. The van der Waals surface area contributed by atoms with Crippen LogP contribution in [0.5, 0.6) is 5.75 Å². The number of benzene rings is 1. The summed E-state index contributed by atoms with van der Waals surface area (Å²) in [5.74, 6) is 1.93. The number of aryl methyl sites for hydroxylation is 1. The summed E-state index contributed by atoms with van der Waals surface area (Å²) in [4.78, 5) is 14.3. The lowest BCUT2D eigenvalue weighted by Crippen LogP contribution is -2.45. The summed E-state index contributed by atoms with van der Waals surface area (Å²) in [5.41, 5.74) is 1.18. The minimum atomic E-state index is 0. The van der Waals surface area contributed by atoms with Gasteiger partial charge in [-0.1, -0.05) is 6.07 Å². The number of carbonyl (C=O) groups is 1. The fraction of sp³-hybridized carbons (Fsp3) is 0.632. The Labute approximate surface area is 165 Å². The lowest BCUT2D eigenvalue weighted by atomic mass is 10.0. The van der Waals surface area contributed by atoms with Crippen molar-refractivity contribution in [1.29, 1.82) is 0 Å². The Bertz CT molecular complexity index is 573. The smallest absolute Gasteiger partial charge is 0.225 e. The van der Waals surface area contributed by atoms with Gasteiger partial charge < -0.3 is 15.0 Å². The molecule has 3 rings (SSSR count). The predicted octanol–water partition coefficient (Wildman–Crippen LogP) is 3.94. The number of hydrogen-bond acceptors (Lipinski definition) is 3. The Morgan fingerprint density at radius 3 is 2.64 bits per heavy atom. The van der Waals surface area contributed by atoms with Crippen molar-refractivity contribution in [3.8, 4) is 5.75 Å². The van der Waals surface area contributed by atoms with E-state index in [1.807, 2.05) is 30.0 Å². The molecular formula is C19H28BrClN2O2. The summed E-state index contributed by atoms with van der Waals surface area (Å²) in [6.45, 7) is 5.38. The minimum Gasteiger partial charge on any atom is -0.492 e. The molecule has 1 saturated heterocycles. The monoisotopic (exact) mass is 430 g/mol. The quantitative estimate of drug-likeness (QED) is 0.711. The zero-order valence-electron chi connectivity index (χ0n) is 14.8. The third kappa shape index (κ3) is 6.46. The fourth-order valence-electron chi connectivity index (χ4n) is 3.12. The molecule has 2 fully saturated rings. The maximum absolute atomic E-state index is 12.3. The number of amides is 1. The van der Waals surface area contributed by atoms with Gasteiger partial charge in [0.2, 0.25) is 5.91 Å². The average Bonchev–Trinajstić information content (AvgIpc) is 3.40. The summed E-state index contributed by atoms with van der Waals surface area (Å²) in [5, 5.41) is 3.65. The number of hydrogen-bond donors (Lipinski definition) is 1. The van der Waals surface area contributed by atoms with E-state index in [9.17, 15) is 4.79 Å². The van der Waals surface area contributed by atoms with Crippen LogP contribution in [-0.4, -0.2) is 43.1 Å². The molecule has 140 valence electrons.